The fourth-order valence-electron chi connectivity index (χ4n) is 1.18. The molecule has 0 fully saturated rings. The molecule has 0 aliphatic carbocycles. The summed E-state index contributed by atoms with van der Waals surface area (Å²) in [4.78, 5) is 31.8. The van der Waals surface area contributed by atoms with Crippen LogP contribution in [-0.4, -0.2) is 47.7 Å². The third-order valence-electron chi connectivity index (χ3n) is 2.15. The summed E-state index contributed by atoms with van der Waals surface area (Å²) in [5.41, 5.74) is 0. The molecule has 5 nitrogen and oxygen atoms in total. The number of hydrogen-bond acceptors (Lipinski definition) is 5. The minimum atomic E-state index is -2.60. The third kappa shape index (κ3) is 9.24. The summed E-state index contributed by atoms with van der Waals surface area (Å²) >= 11 is 0. The molecule has 0 rings (SSSR count). The zero-order chi connectivity index (χ0) is 13.5. The first kappa shape index (κ1) is 16.5. The number of Topliss-reactive ketones (excluding diaryl/α,β-unsaturated/α-hetero) is 2. The van der Waals surface area contributed by atoms with Gasteiger partial charge < -0.3 is 14.5 Å². The molecule has 0 amide bonds. The Hall–Kier alpha value is -0.480. The monoisotopic (exact) mass is 264 g/mol. The predicted molar refractivity (Wildman–Crippen MR) is 68.3 cm³/mol. The summed E-state index contributed by atoms with van der Waals surface area (Å²) in [5.74, 6) is -0.703. The molecular weight excluding hydrogens is 243 g/mol. The van der Waals surface area contributed by atoms with Crippen molar-refractivity contribution in [1.29, 1.82) is 0 Å². The Labute approximate surface area is 102 Å². The van der Waals surface area contributed by atoms with Crippen molar-refractivity contribution in [1.82, 2.24) is 0 Å². The van der Waals surface area contributed by atoms with Crippen LogP contribution in [0.2, 0.25) is 0 Å². The van der Waals surface area contributed by atoms with Gasteiger partial charge in [-0.05, 0) is 0 Å². The van der Waals surface area contributed by atoms with Crippen LogP contribution in [0, 0.1) is 5.92 Å². The molecule has 0 saturated heterocycles. The fourth-order valence-corrected chi connectivity index (χ4v) is 1.71. The maximum absolute atomic E-state index is 11.4. The maximum Gasteiger partial charge on any atom is 0.140 e. The molecule has 100 valence electrons. The molecule has 0 spiro atoms. The van der Waals surface area contributed by atoms with E-state index < -0.39 is 7.34 Å². The lowest BCUT2D eigenvalue weighted by Gasteiger charge is -2.17. The smallest absolute Gasteiger partial charge is 0.140 e. The molecule has 0 aromatic carbocycles. The largest absolute Gasteiger partial charge is 0.396 e. The molecule has 0 radical (unpaired) electrons. The van der Waals surface area contributed by atoms with Crippen molar-refractivity contribution in [3.8, 4) is 0 Å². The molecule has 0 saturated carbocycles. The number of hydrogen-bond donors (Lipinski definition) is 2. The van der Waals surface area contributed by atoms with Crippen molar-refractivity contribution in [3.05, 3.63) is 0 Å². The number of rotatable bonds is 9. The zero-order valence-electron chi connectivity index (χ0n) is 10.4. The number of ketones is 2. The van der Waals surface area contributed by atoms with Crippen molar-refractivity contribution in [3.63, 3.8) is 0 Å². The molecule has 0 aliphatic rings. The Morgan fingerprint density at radius 2 is 2.00 bits per heavy atom. The Morgan fingerprint density at radius 3 is 2.41 bits per heavy atom. The lowest BCUT2D eigenvalue weighted by molar-refractivity contribution is -0.127. The molecule has 2 unspecified atom stereocenters. The van der Waals surface area contributed by atoms with Crippen LogP contribution < -0.4 is 0 Å². The SMILES string of the molecule is C=P(C)(O)OCC(CO)CC(=O)CC(=O)CC. The first-order chi connectivity index (χ1) is 7.78. The van der Waals surface area contributed by atoms with Gasteiger partial charge in [-0.15, -0.1) is 0 Å². The van der Waals surface area contributed by atoms with Gasteiger partial charge in [-0.3, -0.25) is 9.59 Å². The van der Waals surface area contributed by atoms with Gasteiger partial charge in [0.05, 0.1) is 13.0 Å². The van der Waals surface area contributed by atoms with Gasteiger partial charge in [0.15, 0.2) is 0 Å². The van der Waals surface area contributed by atoms with Gasteiger partial charge in [0.1, 0.15) is 18.9 Å². The van der Waals surface area contributed by atoms with Gasteiger partial charge in [-0.1, -0.05) is 13.2 Å². The van der Waals surface area contributed by atoms with E-state index in [1.807, 2.05) is 0 Å². The fraction of sp³-hybridized carbons (Fsp3) is 0.727. The van der Waals surface area contributed by atoms with Crippen molar-refractivity contribution in [2.24, 2.45) is 5.92 Å². The quantitative estimate of drug-likeness (QED) is 0.476. The third-order valence-corrected chi connectivity index (χ3v) is 2.86. The standard InChI is InChI=1S/C11H21O5P/c1-4-10(13)6-11(14)5-9(7-12)8-16-17(2,3)15/h9,12,15H,2,4-8H2,1,3H3. The summed E-state index contributed by atoms with van der Waals surface area (Å²) in [7, 11) is -2.60. The lowest BCUT2D eigenvalue weighted by Crippen LogP contribution is -2.19. The lowest BCUT2D eigenvalue weighted by atomic mass is 10.0. The van der Waals surface area contributed by atoms with Crippen LogP contribution in [0.25, 0.3) is 0 Å². The Bertz CT molecular complexity index is 307. The van der Waals surface area contributed by atoms with E-state index in [1.54, 1.807) is 6.92 Å². The van der Waals surface area contributed by atoms with Crippen LogP contribution >= 0.6 is 7.34 Å². The number of aliphatic hydroxyl groups excluding tert-OH is 1. The summed E-state index contributed by atoms with van der Waals surface area (Å²) in [5, 5.41) is 9.06. The van der Waals surface area contributed by atoms with Crippen LogP contribution in [-0.2, 0) is 14.1 Å². The molecule has 0 aromatic rings. The molecule has 0 heterocycles. The average Bonchev–Trinajstić information content (AvgIpc) is 2.22. The van der Waals surface area contributed by atoms with Gasteiger partial charge in [0.2, 0.25) is 0 Å². The second-order valence-corrected chi connectivity index (χ2v) is 6.57. The Balaban J connectivity index is 4.08. The van der Waals surface area contributed by atoms with Crippen LogP contribution in [0.3, 0.4) is 0 Å². The highest BCUT2D eigenvalue weighted by Crippen LogP contribution is 2.36. The van der Waals surface area contributed by atoms with E-state index in [0.29, 0.717) is 6.42 Å². The first-order valence-electron chi connectivity index (χ1n) is 5.51. The summed E-state index contributed by atoms with van der Waals surface area (Å²) < 4.78 is 5.07. The normalized spacial score (nSPS) is 16.2. The van der Waals surface area contributed by atoms with E-state index in [2.05, 4.69) is 6.30 Å². The van der Waals surface area contributed by atoms with Crippen molar-refractivity contribution in [2.45, 2.75) is 26.2 Å². The molecule has 6 heteroatoms. The zero-order valence-corrected chi connectivity index (χ0v) is 11.3. The molecule has 0 aliphatic heterocycles. The number of aliphatic hydroxyl groups is 1. The van der Waals surface area contributed by atoms with E-state index in [9.17, 15) is 14.5 Å². The van der Waals surface area contributed by atoms with Crippen molar-refractivity contribution in [2.75, 3.05) is 19.9 Å². The molecule has 2 atom stereocenters. The Kier molecular flexibility index (Phi) is 7.55. The van der Waals surface area contributed by atoms with Gasteiger partial charge in [-0.2, -0.15) is 0 Å². The summed E-state index contributed by atoms with van der Waals surface area (Å²) in [6.45, 7) is 3.04. The highest BCUT2D eigenvalue weighted by atomic mass is 31.2. The van der Waals surface area contributed by atoms with E-state index in [-0.39, 0.29) is 43.5 Å². The van der Waals surface area contributed by atoms with Crippen LogP contribution in [0.15, 0.2) is 0 Å². The van der Waals surface area contributed by atoms with Gasteiger partial charge in [0, 0.05) is 32.0 Å². The highest BCUT2D eigenvalue weighted by Gasteiger charge is 2.17. The van der Waals surface area contributed by atoms with E-state index >= 15 is 0 Å². The van der Waals surface area contributed by atoms with Crippen LogP contribution in [0.5, 0.6) is 0 Å². The second-order valence-electron chi connectivity index (χ2n) is 4.21. The van der Waals surface area contributed by atoms with Crippen LogP contribution in [0.1, 0.15) is 26.2 Å². The van der Waals surface area contributed by atoms with Crippen LogP contribution in [0.4, 0.5) is 0 Å². The van der Waals surface area contributed by atoms with E-state index in [4.69, 9.17) is 9.63 Å². The average molecular weight is 264 g/mol. The highest BCUT2D eigenvalue weighted by molar-refractivity contribution is 7.62. The van der Waals surface area contributed by atoms with E-state index in [0.717, 1.165) is 0 Å². The molecule has 0 aromatic heterocycles. The Morgan fingerprint density at radius 1 is 1.41 bits per heavy atom. The first-order valence-corrected chi connectivity index (χ1v) is 7.80. The minimum absolute atomic E-state index is 0.0762. The predicted octanol–water partition coefficient (Wildman–Crippen LogP) is 0.842. The van der Waals surface area contributed by atoms with Crippen molar-refractivity contribution >= 4 is 25.2 Å². The second kappa shape index (κ2) is 7.77. The van der Waals surface area contributed by atoms with Gasteiger partial charge >= 0.3 is 0 Å². The maximum atomic E-state index is 11.4. The summed E-state index contributed by atoms with van der Waals surface area (Å²) in [6.07, 6.45) is 3.77. The minimum Gasteiger partial charge on any atom is -0.396 e. The topological polar surface area (TPSA) is 83.8 Å². The van der Waals surface area contributed by atoms with Gasteiger partial charge in [-0.25, -0.2) is 0 Å². The number of carbonyl (C=O) groups is 2. The molecule has 0 bridgehead atoms. The van der Waals surface area contributed by atoms with E-state index in [1.165, 1.54) is 6.66 Å². The van der Waals surface area contributed by atoms with Crippen molar-refractivity contribution < 1.29 is 24.1 Å². The molecular formula is C11H21O5P. The van der Waals surface area contributed by atoms with Gasteiger partial charge in [0.25, 0.3) is 0 Å². The summed E-state index contributed by atoms with van der Waals surface area (Å²) in [6, 6.07) is 0. The number of carbonyl (C=O) groups excluding carboxylic acids is 2. The molecule has 2 N–H and O–H groups in total. The molecule has 17 heavy (non-hydrogen) atoms.